The highest BCUT2D eigenvalue weighted by Crippen LogP contribution is 2.45. The van der Waals surface area contributed by atoms with Gasteiger partial charge < -0.3 is 9.47 Å². The Kier molecular flexibility index (Phi) is 5.99. The van der Waals surface area contributed by atoms with E-state index in [-0.39, 0.29) is 28.7 Å². The number of hydrogen-bond donors (Lipinski definition) is 1. The first kappa shape index (κ1) is 23.2. The van der Waals surface area contributed by atoms with Gasteiger partial charge in [-0.15, -0.1) is 0 Å². The highest BCUT2D eigenvalue weighted by Gasteiger charge is 2.43. The molecular weight excluding hydrogens is 470 g/mol. The number of methoxy groups -OCH3 is 2. The largest absolute Gasteiger partial charge is 0.480 e. The number of anilines is 1. The Bertz CT molecular complexity index is 1130. The van der Waals surface area contributed by atoms with Crippen LogP contribution in [0.1, 0.15) is 21.7 Å². The number of carbonyl (C=O) groups is 1. The average Bonchev–Trinajstić information content (AvgIpc) is 3.30. The maximum Gasteiger partial charge on any atom is 0.435 e. The van der Waals surface area contributed by atoms with Crippen LogP contribution in [0.3, 0.4) is 0 Å². The van der Waals surface area contributed by atoms with Crippen molar-refractivity contribution in [2.75, 3.05) is 19.5 Å². The van der Waals surface area contributed by atoms with Gasteiger partial charge in [-0.1, -0.05) is 11.3 Å². The SMILES string of the molecule is COc1ncnc(OC)c1C(=O)Nc1nc(C(F)(F)F)c(-c2cn(C)nc2C(F)(F)F)s1. The Morgan fingerprint density at radius 3 is 2.09 bits per heavy atom. The van der Waals surface area contributed by atoms with E-state index in [9.17, 15) is 31.1 Å². The molecule has 0 radical (unpaired) electrons. The lowest BCUT2D eigenvalue weighted by atomic mass is 10.1. The summed E-state index contributed by atoms with van der Waals surface area (Å²) in [6.07, 6.45) is -8.32. The zero-order valence-corrected chi connectivity index (χ0v) is 17.1. The fraction of sp³-hybridized carbons (Fsp3) is 0.312. The van der Waals surface area contributed by atoms with Gasteiger partial charge in [0.25, 0.3) is 5.91 Å². The first-order valence-corrected chi connectivity index (χ1v) is 9.12. The van der Waals surface area contributed by atoms with Crippen molar-refractivity contribution in [2.24, 2.45) is 7.05 Å². The van der Waals surface area contributed by atoms with Crippen molar-refractivity contribution < 1.29 is 40.6 Å². The molecule has 172 valence electrons. The summed E-state index contributed by atoms with van der Waals surface area (Å²) >= 11 is 0.194. The van der Waals surface area contributed by atoms with Crippen LogP contribution in [0.15, 0.2) is 12.5 Å². The Labute approximate surface area is 179 Å². The number of nitrogens with zero attached hydrogens (tertiary/aromatic N) is 5. The van der Waals surface area contributed by atoms with E-state index < -0.39 is 45.2 Å². The first-order valence-electron chi connectivity index (χ1n) is 8.30. The average molecular weight is 482 g/mol. The molecule has 0 aliphatic heterocycles. The summed E-state index contributed by atoms with van der Waals surface area (Å²) in [6, 6.07) is 0. The molecular formula is C16H12F6N6O3S. The molecule has 16 heteroatoms. The van der Waals surface area contributed by atoms with E-state index in [1.165, 1.54) is 14.2 Å². The molecule has 32 heavy (non-hydrogen) atoms. The molecule has 0 fully saturated rings. The van der Waals surface area contributed by atoms with Crippen molar-refractivity contribution in [2.45, 2.75) is 12.4 Å². The molecule has 0 saturated carbocycles. The number of halogens is 6. The second-order valence-electron chi connectivity index (χ2n) is 5.98. The highest BCUT2D eigenvalue weighted by atomic mass is 32.1. The van der Waals surface area contributed by atoms with E-state index in [1.54, 1.807) is 0 Å². The van der Waals surface area contributed by atoms with Crippen molar-refractivity contribution >= 4 is 22.4 Å². The number of carbonyl (C=O) groups excluding carboxylic acids is 1. The fourth-order valence-corrected chi connectivity index (χ4v) is 3.62. The predicted octanol–water partition coefficient (Wildman–Crippen LogP) is 3.64. The number of amides is 1. The van der Waals surface area contributed by atoms with Crippen LogP contribution in [0.4, 0.5) is 31.5 Å². The molecule has 1 amide bonds. The summed E-state index contributed by atoms with van der Waals surface area (Å²) in [7, 11) is 3.50. The second kappa shape index (κ2) is 8.25. The van der Waals surface area contributed by atoms with Gasteiger partial charge in [0.15, 0.2) is 22.1 Å². The molecule has 3 aromatic heterocycles. The summed E-state index contributed by atoms with van der Waals surface area (Å²) in [4.78, 5) is 22.5. The number of thiazole rings is 1. The first-order chi connectivity index (χ1) is 14.9. The quantitative estimate of drug-likeness (QED) is 0.554. The van der Waals surface area contributed by atoms with Gasteiger partial charge in [-0.25, -0.2) is 15.0 Å². The van der Waals surface area contributed by atoms with Gasteiger partial charge in [-0.3, -0.25) is 14.8 Å². The Morgan fingerprint density at radius 2 is 1.59 bits per heavy atom. The molecule has 9 nitrogen and oxygen atoms in total. The van der Waals surface area contributed by atoms with Crippen LogP contribution in [0.25, 0.3) is 10.4 Å². The van der Waals surface area contributed by atoms with Gasteiger partial charge in [-0.2, -0.15) is 31.4 Å². The summed E-state index contributed by atoms with van der Waals surface area (Å²) < 4.78 is 91.1. The van der Waals surface area contributed by atoms with Crippen molar-refractivity contribution in [3.8, 4) is 22.2 Å². The summed E-state index contributed by atoms with van der Waals surface area (Å²) in [5.41, 5.74) is -4.31. The lowest BCUT2D eigenvalue weighted by Gasteiger charge is -2.09. The smallest absolute Gasteiger partial charge is 0.435 e. The van der Waals surface area contributed by atoms with E-state index in [0.29, 0.717) is 0 Å². The van der Waals surface area contributed by atoms with Crippen LogP contribution in [0.5, 0.6) is 11.8 Å². The minimum absolute atomic E-state index is 0.194. The summed E-state index contributed by atoms with van der Waals surface area (Å²) in [6.45, 7) is 0. The number of alkyl halides is 6. The molecule has 0 atom stereocenters. The number of hydrogen-bond acceptors (Lipinski definition) is 8. The van der Waals surface area contributed by atoms with Gasteiger partial charge in [0, 0.05) is 18.8 Å². The molecule has 0 aliphatic carbocycles. The topological polar surface area (TPSA) is 104 Å². The van der Waals surface area contributed by atoms with E-state index in [4.69, 9.17) is 9.47 Å². The van der Waals surface area contributed by atoms with E-state index in [0.717, 1.165) is 24.3 Å². The van der Waals surface area contributed by atoms with Gasteiger partial charge >= 0.3 is 12.4 Å². The molecule has 0 saturated heterocycles. The van der Waals surface area contributed by atoms with Crippen molar-refractivity contribution in [3.05, 3.63) is 29.5 Å². The Hall–Kier alpha value is -3.43. The summed E-state index contributed by atoms with van der Waals surface area (Å²) in [5, 5.41) is 4.68. The molecule has 0 aliphatic rings. The van der Waals surface area contributed by atoms with Crippen LogP contribution in [0, 0.1) is 0 Å². The molecule has 3 rings (SSSR count). The van der Waals surface area contributed by atoms with Crippen molar-refractivity contribution in [3.63, 3.8) is 0 Å². The molecule has 3 heterocycles. The Morgan fingerprint density at radius 1 is 1.03 bits per heavy atom. The van der Waals surface area contributed by atoms with E-state index >= 15 is 0 Å². The maximum absolute atomic E-state index is 13.5. The number of aromatic nitrogens is 5. The predicted molar refractivity (Wildman–Crippen MR) is 97.4 cm³/mol. The maximum atomic E-state index is 13.5. The molecule has 0 bridgehead atoms. The number of aryl methyl sites for hydroxylation is 1. The van der Waals surface area contributed by atoms with Gasteiger partial charge in [0.2, 0.25) is 11.8 Å². The number of ether oxygens (including phenoxy) is 2. The van der Waals surface area contributed by atoms with Crippen molar-refractivity contribution in [1.82, 2.24) is 24.7 Å². The normalized spacial score (nSPS) is 12.0. The third-order valence-electron chi connectivity index (χ3n) is 3.85. The summed E-state index contributed by atoms with van der Waals surface area (Å²) in [5.74, 6) is -1.53. The Balaban J connectivity index is 2.09. The van der Waals surface area contributed by atoms with E-state index in [2.05, 4.69) is 25.4 Å². The standard InChI is InChI=1S/C16H12F6N6O3S/c1-28-4-6(9(27-28)15(17,18)19)8-10(16(20,21)22)25-14(32-8)26-11(29)7-12(30-2)23-5-24-13(7)31-3/h4-5H,1-3H3,(H,25,26,29). The molecule has 1 N–H and O–H groups in total. The third kappa shape index (κ3) is 4.44. The van der Waals surface area contributed by atoms with Crippen LogP contribution in [-0.4, -0.2) is 44.9 Å². The lowest BCUT2D eigenvalue weighted by molar-refractivity contribution is -0.142. The molecule has 0 spiro atoms. The number of rotatable bonds is 5. The fourth-order valence-electron chi connectivity index (χ4n) is 2.63. The molecule has 0 unspecified atom stereocenters. The lowest BCUT2D eigenvalue weighted by Crippen LogP contribution is -2.16. The zero-order chi connectivity index (χ0) is 23.8. The van der Waals surface area contributed by atoms with Crippen molar-refractivity contribution in [1.29, 1.82) is 0 Å². The van der Waals surface area contributed by atoms with Crippen LogP contribution >= 0.6 is 11.3 Å². The van der Waals surface area contributed by atoms with Gasteiger partial charge in [0.1, 0.15) is 6.33 Å². The van der Waals surface area contributed by atoms with Crippen LogP contribution in [-0.2, 0) is 19.4 Å². The van der Waals surface area contributed by atoms with E-state index in [1.807, 2.05) is 0 Å². The minimum atomic E-state index is -5.11. The van der Waals surface area contributed by atoms with Gasteiger partial charge in [-0.05, 0) is 0 Å². The minimum Gasteiger partial charge on any atom is -0.480 e. The molecule has 3 aromatic rings. The third-order valence-corrected chi connectivity index (χ3v) is 4.85. The number of nitrogens with one attached hydrogen (secondary N) is 1. The highest BCUT2D eigenvalue weighted by molar-refractivity contribution is 7.19. The monoisotopic (exact) mass is 482 g/mol. The molecule has 0 aromatic carbocycles. The van der Waals surface area contributed by atoms with Gasteiger partial charge in [0.05, 0.1) is 19.1 Å². The second-order valence-corrected chi connectivity index (χ2v) is 6.98. The van der Waals surface area contributed by atoms with Crippen LogP contribution in [0.2, 0.25) is 0 Å². The zero-order valence-electron chi connectivity index (χ0n) is 16.3. The van der Waals surface area contributed by atoms with Crippen LogP contribution < -0.4 is 14.8 Å².